The van der Waals surface area contributed by atoms with E-state index in [0.717, 1.165) is 12.2 Å². The normalized spacial score (nSPS) is 10.1. The molecular formula is C12H11NO5. The number of carboxylic acid groups (broad SMARTS) is 1. The van der Waals surface area contributed by atoms with Crippen molar-refractivity contribution >= 4 is 23.5 Å². The van der Waals surface area contributed by atoms with E-state index >= 15 is 0 Å². The number of methoxy groups -OCH3 is 1. The van der Waals surface area contributed by atoms with Gasteiger partial charge in [0.15, 0.2) is 0 Å². The number of aliphatic carboxylic acids is 1. The van der Waals surface area contributed by atoms with E-state index in [9.17, 15) is 14.4 Å². The number of nitrogens with one attached hydrogen (secondary N) is 1. The minimum absolute atomic E-state index is 0.358. The summed E-state index contributed by atoms with van der Waals surface area (Å²) in [6.07, 6.45) is 1.63. The average molecular weight is 249 g/mol. The number of carbonyl (C=O) groups excluding carboxylic acids is 2. The molecular weight excluding hydrogens is 238 g/mol. The summed E-state index contributed by atoms with van der Waals surface area (Å²) in [5.74, 6) is -2.24. The van der Waals surface area contributed by atoms with Crippen LogP contribution in [0.25, 0.3) is 0 Å². The number of hydrogen-bond acceptors (Lipinski definition) is 4. The molecule has 1 aromatic rings. The van der Waals surface area contributed by atoms with Crippen LogP contribution in [-0.2, 0) is 14.3 Å². The lowest BCUT2D eigenvalue weighted by atomic mass is 10.2. The number of amides is 1. The zero-order valence-corrected chi connectivity index (χ0v) is 9.54. The Morgan fingerprint density at radius 1 is 1.17 bits per heavy atom. The van der Waals surface area contributed by atoms with Gasteiger partial charge in [0.25, 0.3) is 0 Å². The first-order valence-electron chi connectivity index (χ1n) is 4.93. The number of anilines is 1. The third kappa shape index (κ3) is 4.09. The average Bonchev–Trinajstić information content (AvgIpc) is 2.36. The van der Waals surface area contributed by atoms with Crippen molar-refractivity contribution in [2.75, 3.05) is 12.4 Å². The molecule has 0 saturated carbocycles. The first-order chi connectivity index (χ1) is 8.52. The molecule has 0 aromatic heterocycles. The Kier molecular flexibility index (Phi) is 4.62. The van der Waals surface area contributed by atoms with Crippen LogP contribution in [0.15, 0.2) is 36.4 Å². The van der Waals surface area contributed by atoms with E-state index in [1.54, 1.807) is 0 Å². The van der Waals surface area contributed by atoms with Gasteiger partial charge in [-0.3, -0.25) is 4.79 Å². The highest BCUT2D eigenvalue weighted by Gasteiger charge is 2.05. The molecule has 0 atom stereocenters. The quantitative estimate of drug-likeness (QED) is 0.614. The van der Waals surface area contributed by atoms with Crippen LogP contribution in [-0.4, -0.2) is 30.1 Å². The molecule has 0 saturated heterocycles. The van der Waals surface area contributed by atoms with Crippen molar-refractivity contribution in [2.24, 2.45) is 0 Å². The Hall–Kier alpha value is -2.63. The van der Waals surface area contributed by atoms with Crippen LogP contribution >= 0.6 is 0 Å². The second-order valence-electron chi connectivity index (χ2n) is 3.23. The van der Waals surface area contributed by atoms with Gasteiger partial charge < -0.3 is 15.2 Å². The number of hydrogen-bond donors (Lipinski definition) is 2. The van der Waals surface area contributed by atoms with Gasteiger partial charge in [0.2, 0.25) is 5.91 Å². The van der Waals surface area contributed by atoms with Gasteiger partial charge in [0, 0.05) is 17.8 Å². The monoisotopic (exact) mass is 249 g/mol. The van der Waals surface area contributed by atoms with Crippen molar-refractivity contribution in [3.05, 3.63) is 42.0 Å². The lowest BCUT2D eigenvalue weighted by Gasteiger charge is -2.03. The van der Waals surface area contributed by atoms with Gasteiger partial charge in [-0.2, -0.15) is 0 Å². The molecule has 0 aliphatic rings. The molecule has 0 unspecified atom stereocenters. The topological polar surface area (TPSA) is 92.7 Å². The Balaban J connectivity index is 2.66. The molecule has 0 spiro atoms. The molecule has 0 heterocycles. The minimum Gasteiger partial charge on any atom is -0.478 e. The first-order valence-corrected chi connectivity index (χ1v) is 4.93. The molecule has 0 fully saturated rings. The molecule has 0 aliphatic carbocycles. The molecule has 1 amide bonds. The van der Waals surface area contributed by atoms with Crippen LogP contribution in [0.2, 0.25) is 0 Å². The smallest absolute Gasteiger partial charge is 0.337 e. The molecule has 0 aliphatic heterocycles. The molecule has 1 aromatic carbocycles. The summed E-state index contributed by atoms with van der Waals surface area (Å²) in [4.78, 5) is 32.6. The van der Waals surface area contributed by atoms with Crippen LogP contribution in [0.3, 0.4) is 0 Å². The van der Waals surface area contributed by atoms with Gasteiger partial charge in [0.1, 0.15) is 0 Å². The van der Waals surface area contributed by atoms with Gasteiger partial charge in [-0.1, -0.05) is 0 Å². The maximum Gasteiger partial charge on any atom is 0.337 e. The number of benzene rings is 1. The van der Waals surface area contributed by atoms with Gasteiger partial charge >= 0.3 is 11.9 Å². The summed E-state index contributed by atoms with van der Waals surface area (Å²) < 4.78 is 4.52. The van der Waals surface area contributed by atoms with Crippen LogP contribution in [0.5, 0.6) is 0 Å². The highest BCUT2D eigenvalue weighted by atomic mass is 16.5. The summed E-state index contributed by atoms with van der Waals surface area (Å²) in [5.41, 5.74) is 0.805. The highest BCUT2D eigenvalue weighted by Crippen LogP contribution is 2.10. The maximum atomic E-state index is 11.2. The zero-order valence-electron chi connectivity index (χ0n) is 9.54. The predicted octanol–water partition coefficient (Wildman–Crippen LogP) is 1.05. The largest absolute Gasteiger partial charge is 0.478 e. The van der Waals surface area contributed by atoms with Crippen LogP contribution in [0, 0.1) is 0 Å². The fourth-order valence-electron chi connectivity index (χ4n) is 1.14. The number of carbonyl (C=O) groups is 3. The van der Waals surface area contributed by atoms with E-state index in [2.05, 4.69) is 10.1 Å². The summed E-state index contributed by atoms with van der Waals surface area (Å²) in [7, 11) is 1.27. The summed E-state index contributed by atoms with van der Waals surface area (Å²) >= 11 is 0. The lowest BCUT2D eigenvalue weighted by Crippen LogP contribution is -2.09. The van der Waals surface area contributed by atoms with Gasteiger partial charge in [-0.25, -0.2) is 9.59 Å². The van der Waals surface area contributed by atoms with Crippen molar-refractivity contribution in [3.8, 4) is 0 Å². The van der Waals surface area contributed by atoms with E-state index < -0.39 is 17.8 Å². The molecule has 18 heavy (non-hydrogen) atoms. The first kappa shape index (κ1) is 13.4. The van der Waals surface area contributed by atoms with Gasteiger partial charge in [0.05, 0.1) is 12.7 Å². The molecule has 0 radical (unpaired) electrons. The number of rotatable bonds is 4. The fourth-order valence-corrected chi connectivity index (χ4v) is 1.14. The summed E-state index contributed by atoms with van der Waals surface area (Å²) in [5, 5.41) is 10.8. The lowest BCUT2D eigenvalue weighted by molar-refractivity contribution is -0.131. The van der Waals surface area contributed by atoms with E-state index in [4.69, 9.17) is 5.11 Å². The summed E-state index contributed by atoms with van der Waals surface area (Å²) in [6, 6.07) is 6.00. The number of carboxylic acids is 1. The zero-order chi connectivity index (χ0) is 13.5. The highest BCUT2D eigenvalue weighted by molar-refractivity contribution is 6.02. The van der Waals surface area contributed by atoms with E-state index in [1.807, 2.05) is 0 Å². The number of esters is 1. The van der Waals surface area contributed by atoms with Crippen LogP contribution in [0.1, 0.15) is 10.4 Å². The third-order valence-electron chi connectivity index (χ3n) is 1.95. The molecule has 6 heteroatoms. The van der Waals surface area contributed by atoms with Crippen LogP contribution < -0.4 is 5.32 Å². The Bertz CT molecular complexity index is 490. The van der Waals surface area contributed by atoms with E-state index in [1.165, 1.54) is 31.4 Å². The molecule has 2 N–H and O–H groups in total. The van der Waals surface area contributed by atoms with Crippen molar-refractivity contribution in [3.63, 3.8) is 0 Å². The SMILES string of the molecule is COC(=O)c1ccc(NC(=O)/C=C/C(=O)O)cc1. The maximum absolute atomic E-state index is 11.2. The van der Waals surface area contributed by atoms with Gasteiger partial charge in [-0.15, -0.1) is 0 Å². The molecule has 0 bridgehead atoms. The Labute approximate surface area is 103 Å². The summed E-state index contributed by atoms with van der Waals surface area (Å²) in [6.45, 7) is 0. The Morgan fingerprint density at radius 3 is 2.28 bits per heavy atom. The van der Waals surface area contributed by atoms with Crippen molar-refractivity contribution in [1.82, 2.24) is 0 Å². The van der Waals surface area contributed by atoms with E-state index in [0.29, 0.717) is 11.3 Å². The third-order valence-corrected chi connectivity index (χ3v) is 1.95. The molecule has 1 rings (SSSR count). The number of ether oxygens (including phenoxy) is 1. The predicted molar refractivity (Wildman–Crippen MR) is 63.2 cm³/mol. The van der Waals surface area contributed by atoms with E-state index in [-0.39, 0.29) is 0 Å². The minimum atomic E-state index is -1.20. The standard InChI is InChI=1S/C12H11NO5/c1-18-12(17)8-2-4-9(5-3-8)13-10(14)6-7-11(15)16/h2-7H,1H3,(H,13,14)(H,15,16)/b7-6+. The Morgan fingerprint density at radius 2 is 1.78 bits per heavy atom. The van der Waals surface area contributed by atoms with Crippen molar-refractivity contribution in [2.45, 2.75) is 0 Å². The molecule has 6 nitrogen and oxygen atoms in total. The van der Waals surface area contributed by atoms with Crippen molar-refractivity contribution in [1.29, 1.82) is 0 Å². The fraction of sp³-hybridized carbons (Fsp3) is 0.0833. The van der Waals surface area contributed by atoms with Crippen LogP contribution in [0.4, 0.5) is 5.69 Å². The second-order valence-corrected chi connectivity index (χ2v) is 3.23. The second kappa shape index (κ2) is 6.19. The van der Waals surface area contributed by atoms with Gasteiger partial charge in [-0.05, 0) is 24.3 Å². The van der Waals surface area contributed by atoms with Crippen molar-refractivity contribution < 1.29 is 24.2 Å². The molecule has 94 valence electrons.